The van der Waals surface area contributed by atoms with E-state index in [2.05, 4.69) is 20.9 Å². The third-order valence-corrected chi connectivity index (χ3v) is 5.34. The summed E-state index contributed by atoms with van der Waals surface area (Å²) in [6.07, 6.45) is 0.937. The van der Waals surface area contributed by atoms with E-state index in [0.29, 0.717) is 35.2 Å². The van der Waals surface area contributed by atoms with E-state index in [4.69, 9.17) is 16.0 Å². The molecule has 4 rings (SSSR count). The third-order valence-electron chi connectivity index (χ3n) is 4.41. The molecule has 3 heterocycles. The molecule has 2 atom stereocenters. The number of halogens is 2. The number of hydrogen-bond acceptors (Lipinski definition) is 4. The molecule has 1 aromatic heterocycles. The first-order valence-corrected chi connectivity index (χ1v) is 8.22. The largest absolute Gasteiger partial charge is 0.465 e. The molecule has 0 saturated carbocycles. The summed E-state index contributed by atoms with van der Waals surface area (Å²) in [5, 5.41) is 9.85. The number of amides is 1. The fourth-order valence-electron chi connectivity index (χ4n) is 3.44. The summed E-state index contributed by atoms with van der Waals surface area (Å²) in [6.45, 7) is 1.20. The monoisotopic (exact) mass is 385 g/mol. The van der Waals surface area contributed by atoms with Crippen molar-refractivity contribution in [2.45, 2.75) is 24.9 Å². The molecule has 2 aromatic rings. The second kappa shape index (κ2) is 5.03. The molecule has 2 unspecified atom stereocenters. The van der Waals surface area contributed by atoms with Gasteiger partial charge in [0.1, 0.15) is 5.52 Å². The van der Waals surface area contributed by atoms with Crippen molar-refractivity contribution in [3.05, 3.63) is 21.6 Å². The molecule has 0 spiro atoms. The zero-order chi connectivity index (χ0) is 15.4. The van der Waals surface area contributed by atoms with E-state index in [0.717, 1.165) is 17.3 Å². The van der Waals surface area contributed by atoms with Gasteiger partial charge >= 0.3 is 6.09 Å². The van der Waals surface area contributed by atoms with Crippen molar-refractivity contribution in [1.82, 2.24) is 9.88 Å². The lowest BCUT2D eigenvalue weighted by molar-refractivity contribution is 0.114. The summed E-state index contributed by atoms with van der Waals surface area (Å²) in [7, 11) is 0. The van der Waals surface area contributed by atoms with Crippen molar-refractivity contribution in [2.24, 2.45) is 0 Å². The third kappa shape index (κ3) is 2.06. The molecule has 2 saturated heterocycles. The predicted molar refractivity (Wildman–Crippen MR) is 85.6 cm³/mol. The first-order chi connectivity index (χ1) is 10.5. The summed E-state index contributed by atoms with van der Waals surface area (Å²) >= 11 is 9.60. The van der Waals surface area contributed by atoms with Gasteiger partial charge in [-0.15, -0.1) is 0 Å². The van der Waals surface area contributed by atoms with Crippen LogP contribution >= 0.6 is 27.5 Å². The molecule has 2 fully saturated rings. The number of carbonyl (C=O) groups is 1. The molecule has 1 aromatic carbocycles. The van der Waals surface area contributed by atoms with Crippen LogP contribution in [-0.4, -0.2) is 46.3 Å². The number of benzene rings is 1. The van der Waals surface area contributed by atoms with Gasteiger partial charge in [-0.1, -0.05) is 11.6 Å². The van der Waals surface area contributed by atoms with E-state index in [9.17, 15) is 9.90 Å². The molecule has 6 nitrogen and oxygen atoms in total. The van der Waals surface area contributed by atoms with Gasteiger partial charge in [-0.3, -0.25) is 4.90 Å². The van der Waals surface area contributed by atoms with Gasteiger partial charge in [0.25, 0.3) is 6.01 Å². The minimum Gasteiger partial charge on any atom is -0.465 e. The Hall–Kier alpha value is -1.47. The Balaban J connectivity index is 1.68. The summed E-state index contributed by atoms with van der Waals surface area (Å²) in [6, 6.07) is 4.11. The SMILES string of the molecule is O=C(O)N1C2CCC1CN(c1nc3c(Cl)ccc(Br)c3o1)C2. The summed E-state index contributed by atoms with van der Waals surface area (Å²) < 4.78 is 6.66. The maximum atomic E-state index is 11.3. The lowest BCUT2D eigenvalue weighted by atomic mass is 10.2. The smallest absolute Gasteiger partial charge is 0.407 e. The number of hydrogen-bond donors (Lipinski definition) is 1. The minimum absolute atomic E-state index is 0.00479. The quantitative estimate of drug-likeness (QED) is 0.811. The lowest BCUT2D eigenvalue weighted by Gasteiger charge is -2.38. The fourth-order valence-corrected chi connectivity index (χ4v) is 4.03. The molecule has 116 valence electrons. The van der Waals surface area contributed by atoms with Crippen molar-refractivity contribution < 1.29 is 14.3 Å². The van der Waals surface area contributed by atoms with Crippen molar-refractivity contribution in [1.29, 1.82) is 0 Å². The molecule has 0 aliphatic carbocycles. The highest BCUT2D eigenvalue weighted by molar-refractivity contribution is 9.10. The Morgan fingerprint density at radius 1 is 1.36 bits per heavy atom. The number of rotatable bonds is 1. The van der Waals surface area contributed by atoms with Gasteiger partial charge in [-0.05, 0) is 40.9 Å². The van der Waals surface area contributed by atoms with Crippen LogP contribution in [0.25, 0.3) is 11.1 Å². The summed E-state index contributed by atoms with van der Waals surface area (Å²) in [5.74, 6) is 0. The van der Waals surface area contributed by atoms with Crippen LogP contribution in [0.2, 0.25) is 5.02 Å². The molecule has 0 radical (unpaired) electrons. The first kappa shape index (κ1) is 14.1. The summed E-state index contributed by atoms with van der Waals surface area (Å²) in [5.41, 5.74) is 1.24. The number of anilines is 1. The molecule has 8 heteroatoms. The van der Waals surface area contributed by atoms with Gasteiger partial charge in [0.15, 0.2) is 5.58 Å². The van der Waals surface area contributed by atoms with Crippen molar-refractivity contribution in [3.8, 4) is 0 Å². The molecule has 1 amide bonds. The van der Waals surface area contributed by atoms with Crippen LogP contribution in [0.1, 0.15) is 12.8 Å². The molecule has 22 heavy (non-hydrogen) atoms. The van der Waals surface area contributed by atoms with Gasteiger partial charge in [0.05, 0.1) is 21.6 Å². The number of fused-ring (bicyclic) bond motifs is 3. The van der Waals surface area contributed by atoms with E-state index in [1.807, 2.05) is 11.0 Å². The zero-order valence-corrected chi connectivity index (χ0v) is 13.8. The first-order valence-electron chi connectivity index (χ1n) is 7.05. The van der Waals surface area contributed by atoms with Crippen LogP contribution in [0.3, 0.4) is 0 Å². The Bertz CT molecular complexity index is 712. The van der Waals surface area contributed by atoms with E-state index in [1.165, 1.54) is 0 Å². The van der Waals surface area contributed by atoms with Crippen LogP contribution in [0, 0.1) is 0 Å². The maximum Gasteiger partial charge on any atom is 0.407 e. The highest BCUT2D eigenvalue weighted by Gasteiger charge is 2.43. The predicted octanol–water partition coefficient (Wildman–Crippen LogP) is 3.57. The minimum atomic E-state index is -0.837. The van der Waals surface area contributed by atoms with E-state index < -0.39 is 6.09 Å². The average Bonchev–Trinajstić information content (AvgIpc) is 3.04. The fraction of sp³-hybridized carbons (Fsp3) is 0.429. The Morgan fingerprint density at radius 3 is 2.64 bits per heavy atom. The lowest BCUT2D eigenvalue weighted by Crippen LogP contribution is -2.55. The van der Waals surface area contributed by atoms with Gasteiger partial charge < -0.3 is 14.4 Å². The number of aromatic nitrogens is 1. The Kier molecular flexibility index (Phi) is 3.23. The second-order valence-corrected chi connectivity index (χ2v) is 6.94. The van der Waals surface area contributed by atoms with E-state index >= 15 is 0 Å². The number of piperazine rings is 1. The van der Waals surface area contributed by atoms with Crippen LogP contribution in [0.15, 0.2) is 21.0 Å². The molecule has 2 aliphatic heterocycles. The number of nitrogens with zero attached hydrogens (tertiary/aromatic N) is 3. The molecule has 1 N–H and O–H groups in total. The second-order valence-electron chi connectivity index (χ2n) is 5.68. The highest BCUT2D eigenvalue weighted by Crippen LogP contribution is 2.36. The van der Waals surface area contributed by atoms with Crippen LogP contribution in [-0.2, 0) is 0 Å². The molecular formula is C14H13BrClN3O3. The van der Waals surface area contributed by atoms with Crippen molar-refractivity contribution in [2.75, 3.05) is 18.0 Å². The van der Waals surface area contributed by atoms with Crippen LogP contribution in [0.4, 0.5) is 10.8 Å². The number of oxazole rings is 1. The van der Waals surface area contributed by atoms with Crippen molar-refractivity contribution in [3.63, 3.8) is 0 Å². The zero-order valence-electron chi connectivity index (χ0n) is 11.5. The average molecular weight is 387 g/mol. The van der Waals surface area contributed by atoms with Gasteiger partial charge in [0.2, 0.25) is 0 Å². The van der Waals surface area contributed by atoms with E-state index in [1.54, 1.807) is 11.0 Å². The summed E-state index contributed by atoms with van der Waals surface area (Å²) in [4.78, 5) is 19.4. The standard InChI is InChI=1S/C14H13BrClN3O3/c15-9-3-4-10(16)11-12(9)22-13(17-11)18-5-7-1-2-8(6-18)19(7)14(20)21/h3-4,7-8H,1-2,5-6H2,(H,20,21). The Labute approximate surface area is 139 Å². The van der Waals surface area contributed by atoms with E-state index in [-0.39, 0.29) is 12.1 Å². The highest BCUT2D eigenvalue weighted by atomic mass is 79.9. The molecular weight excluding hydrogens is 374 g/mol. The Morgan fingerprint density at radius 2 is 2.05 bits per heavy atom. The molecule has 2 aliphatic rings. The van der Waals surface area contributed by atoms with Crippen molar-refractivity contribution >= 4 is 50.7 Å². The maximum absolute atomic E-state index is 11.3. The van der Waals surface area contributed by atoms with Crippen LogP contribution in [0.5, 0.6) is 0 Å². The van der Waals surface area contributed by atoms with Crippen LogP contribution < -0.4 is 4.90 Å². The van der Waals surface area contributed by atoms with Gasteiger partial charge in [-0.2, -0.15) is 4.98 Å². The van der Waals surface area contributed by atoms with Gasteiger partial charge in [-0.25, -0.2) is 4.79 Å². The normalized spacial score (nSPS) is 24.3. The van der Waals surface area contributed by atoms with Gasteiger partial charge in [0, 0.05) is 13.1 Å². The number of carboxylic acid groups (broad SMARTS) is 1. The molecule has 2 bridgehead atoms. The topological polar surface area (TPSA) is 69.8 Å².